The maximum absolute atomic E-state index is 9.88. The molecule has 0 spiro atoms. The summed E-state index contributed by atoms with van der Waals surface area (Å²) < 4.78 is 0. The summed E-state index contributed by atoms with van der Waals surface area (Å²) in [5.41, 5.74) is 17.1. The van der Waals surface area contributed by atoms with Gasteiger partial charge in [0.15, 0.2) is 5.82 Å². The van der Waals surface area contributed by atoms with Crippen LogP contribution in [0.2, 0.25) is 0 Å². The highest BCUT2D eigenvalue weighted by Gasteiger charge is 2.19. The molecule has 4 heteroatoms. The molecule has 9 aromatic carbocycles. The Hall–Kier alpha value is -8.70. The molecule has 0 aliphatic rings. The van der Waals surface area contributed by atoms with E-state index in [1.807, 2.05) is 84.9 Å². The second-order valence-electron chi connectivity index (χ2n) is 15.2. The minimum atomic E-state index is 0.591. The quantitative estimate of drug-likeness (QED) is 0.154. The molecule has 0 fully saturated rings. The lowest BCUT2D eigenvalue weighted by Gasteiger charge is -2.16. The van der Waals surface area contributed by atoms with Crippen LogP contribution in [-0.4, -0.2) is 9.97 Å². The summed E-state index contributed by atoms with van der Waals surface area (Å²) in [6.45, 7) is 0. The van der Waals surface area contributed by atoms with Gasteiger partial charge in [-0.25, -0.2) is 9.97 Å². The van der Waals surface area contributed by atoms with Crippen LogP contribution in [0.25, 0.3) is 100 Å². The summed E-state index contributed by atoms with van der Waals surface area (Å²) in [5.74, 6) is 0.591. The van der Waals surface area contributed by atoms with Gasteiger partial charge in [-0.2, -0.15) is 10.5 Å². The zero-order valence-electron chi connectivity index (χ0n) is 33.6. The number of benzene rings is 9. The molecule has 10 aromatic rings. The summed E-state index contributed by atoms with van der Waals surface area (Å²) in [4.78, 5) is 10.8. The first-order valence-corrected chi connectivity index (χ1v) is 20.5. The van der Waals surface area contributed by atoms with Crippen LogP contribution in [0.1, 0.15) is 11.1 Å². The van der Waals surface area contributed by atoms with Crippen molar-refractivity contribution in [3.05, 3.63) is 230 Å². The Balaban J connectivity index is 1.18. The number of hydrogen-bond donors (Lipinski definition) is 0. The van der Waals surface area contributed by atoms with Crippen molar-refractivity contribution >= 4 is 10.9 Å². The molecule has 0 saturated heterocycles. The molecule has 1 heterocycles. The second kappa shape index (κ2) is 16.5. The Morgan fingerprint density at radius 3 is 1.15 bits per heavy atom. The molecule has 0 radical (unpaired) electrons. The maximum Gasteiger partial charge on any atom is 0.160 e. The minimum absolute atomic E-state index is 0.591. The minimum Gasteiger partial charge on any atom is -0.227 e. The van der Waals surface area contributed by atoms with Crippen molar-refractivity contribution in [2.24, 2.45) is 0 Å². The predicted octanol–water partition coefficient (Wildman–Crippen LogP) is 14.7. The molecule has 4 nitrogen and oxygen atoms in total. The number of nitriles is 2. The summed E-state index contributed by atoms with van der Waals surface area (Å²) in [6.07, 6.45) is 0. The van der Waals surface area contributed by atoms with Crippen LogP contribution in [0.3, 0.4) is 0 Å². The van der Waals surface area contributed by atoms with Crippen LogP contribution in [0.15, 0.2) is 218 Å². The summed E-state index contributed by atoms with van der Waals surface area (Å²) >= 11 is 0. The molecule has 0 N–H and O–H groups in total. The fourth-order valence-corrected chi connectivity index (χ4v) is 8.20. The normalized spacial score (nSPS) is 10.9. The van der Waals surface area contributed by atoms with Crippen molar-refractivity contribution < 1.29 is 0 Å². The van der Waals surface area contributed by atoms with Crippen molar-refractivity contribution in [1.82, 2.24) is 9.97 Å². The first-order valence-electron chi connectivity index (χ1n) is 20.5. The molecule has 0 amide bonds. The molecular weight excluding hydrogens is 753 g/mol. The van der Waals surface area contributed by atoms with E-state index in [4.69, 9.17) is 9.97 Å². The maximum atomic E-state index is 9.88. The van der Waals surface area contributed by atoms with Crippen LogP contribution >= 0.6 is 0 Å². The monoisotopic (exact) mass is 788 g/mol. The van der Waals surface area contributed by atoms with Gasteiger partial charge < -0.3 is 0 Å². The van der Waals surface area contributed by atoms with Crippen molar-refractivity contribution in [3.63, 3.8) is 0 Å². The van der Waals surface area contributed by atoms with Gasteiger partial charge >= 0.3 is 0 Å². The van der Waals surface area contributed by atoms with Crippen molar-refractivity contribution in [1.29, 1.82) is 10.5 Å². The van der Waals surface area contributed by atoms with Crippen LogP contribution in [0, 0.1) is 22.7 Å². The molecule has 0 bridgehead atoms. The van der Waals surface area contributed by atoms with Gasteiger partial charge in [0.1, 0.15) is 0 Å². The average molecular weight is 789 g/mol. The van der Waals surface area contributed by atoms with Crippen LogP contribution in [0.5, 0.6) is 0 Å². The van der Waals surface area contributed by atoms with Gasteiger partial charge in [0.05, 0.1) is 34.5 Å². The van der Waals surface area contributed by atoms with Gasteiger partial charge in [-0.3, -0.25) is 0 Å². The van der Waals surface area contributed by atoms with Gasteiger partial charge in [-0.1, -0.05) is 194 Å². The SMILES string of the molecule is N#Cc1ccccc1-c1ccc(-c2nc(-c3ccc(-c4ccccc4C#N)cc3)c3cc(-c4ccc(-c5ccccc5)cc4)cc(-c4ccc(-c5ccccc5)cc4)c3n2)cc1. The van der Waals surface area contributed by atoms with Crippen LogP contribution in [0.4, 0.5) is 0 Å². The molecule has 0 aliphatic carbocycles. The topological polar surface area (TPSA) is 73.4 Å². The largest absolute Gasteiger partial charge is 0.227 e. The second-order valence-corrected chi connectivity index (χ2v) is 15.2. The van der Waals surface area contributed by atoms with Crippen molar-refractivity contribution in [3.8, 4) is 102 Å². The van der Waals surface area contributed by atoms with E-state index in [-0.39, 0.29) is 0 Å². The van der Waals surface area contributed by atoms with E-state index in [0.29, 0.717) is 17.0 Å². The fourth-order valence-electron chi connectivity index (χ4n) is 8.20. The third-order valence-corrected chi connectivity index (χ3v) is 11.4. The Morgan fingerprint density at radius 2 is 0.661 bits per heavy atom. The molecular formula is C58H36N4. The van der Waals surface area contributed by atoms with E-state index in [9.17, 15) is 10.5 Å². The van der Waals surface area contributed by atoms with E-state index >= 15 is 0 Å². The smallest absolute Gasteiger partial charge is 0.160 e. The summed E-state index contributed by atoms with van der Waals surface area (Å²) in [5, 5.41) is 20.6. The van der Waals surface area contributed by atoms with Crippen molar-refractivity contribution in [2.45, 2.75) is 0 Å². The number of aromatic nitrogens is 2. The molecule has 0 unspecified atom stereocenters. The van der Waals surface area contributed by atoms with Crippen LogP contribution < -0.4 is 0 Å². The molecule has 0 aliphatic heterocycles. The molecule has 288 valence electrons. The van der Waals surface area contributed by atoms with E-state index < -0.39 is 0 Å². The first-order chi connectivity index (χ1) is 30.6. The van der Waals surface area contributed by atoms with Gasteiger partial charge in [0.25, 0.3) is 0 Å². The average Bonchev–Trinajstić information content (AvgIpc) is 3.36. The Morgan fingerprint density at radius 1 is 0.290 bits per heavy atom. The highest BCUT2D eigenvalue weighted by atomic mass is 14.9. The van der Waals surface area contributed by atoms with E-state index in [1.54, 1.807) is 0 Å². The highest BCUT2D eigenvalue weighted by Crippen LogP contribution is 2.40. The van der Waals surface area contributed by atoms with Crippen LogP contribution in [-0.2, 0) is 0 Å². The standard InChI is InChI=1S/C58H36N4/c59-37-49-15-7-9-17-52(49)44-27-31-47(32-28-44)56-55-36-51(43-21-19-41(20-22-43)39-11-3-1-4-12-39)35-54(46-25-23-42(24-26-46)40-13-5-2-6-14-40)57(55)62-58(61-56)48-33-29-45(30-34-48)53-18-10-8-16-50(53)38-60/h1-36H. The Labute approximate surface area is 361 Å². The zero-order valence-corrected chi connectivity index (χ0v) is 33.6. The highest BCUT2D eigenvalue weighted by molar-refractivity contribution is 6.05. The van der Waals surface area contributed by atoms with Crippen molar-refractivity contribution in [2.75, 3.05) is 0 Å². The molecule has 62 heavy (non-hydrogen) atoms. The van der Waals surface area contributed by atoms with E-state index in [1.165, 1.54) is 5.56 Å². The van der Waals surface area contributed by atoms with Gasteiger partial charge in [-0.05, 0) is 85.5 Å². The molecule has 1 aromatic heterocycles. The number of nitrogens with zero attached hydrogens (tertiary/aromatic N) is 4. The van der Waals surface area contributed by atoms with Gasteiger partial charge in [0.2, 0.25) is 0 Å². The number of rotatable bonds is 8. The molecule has 0 saturated carbocycles. The third-order valence-electron chi connectivity index (χ3n) is 11.4. The summed E-state index contributed by atoms with van der Waals surface area (Å²) in [7, 11) is 0. The number of fused-ring (bicyclic) bond motifs is 1. The third kappa shape index (κ3) is 7.30. The first kappa shape index (κ1) is 37.6. The van der Waals surface area contributed by atoms with Gasteiger partial charge in [0, 0.05) is 22.1 Å². The molecule has 10 rings (SSSR count). The van der Waals surface area contributed by atoms with E-state index in [0.717, 1.165) is 88.9 Å². The lowest BCUT2D eigenvalue weighted by Crippen LogP contribution is -1.98. The lowest BCUT2D eigenvalue weighted by molar-refractivity contribution is 1.23. The predicted molar refractivity (Wildman–Crippen MR) is 252 cm³/mol. The molecule has 0 atom stereocenters. The Kier molecular flexibility index (Phi) is 10.0. The lowest BCUT2D eigenvalue weighted by atomic mass is 9.91. The summed E-state index contributed by atoms with van der Waals surface area (Å²) in [6, 6.07) is 79.2. The fraction of sp³-hybridized carbons (Fsp3) is 0. The van der Waals surface area contributed by atoms with Gasteiger partial charge in [-0.15, -0.1) is 0 Å². The zero-order chi connectivity index (χ0) is 41.8. The Bertz CT molecular complexity index is 3310. The van der Waals surface area contributed by atoms with E-state index in [2.05, 4.69) is 146 Å². The number of hydrogen-bond acceptors (Lipinski definition) is 4.